The van der Waals surface area contributed by atoms with Crippen molar-refractivity contribution in [2.45, 2.75) is 44.7 Å². The van der Waals surface area contributed by atoms with Gasteiger partial charge in [-0.3, -0.25) is 9.69 Å². The molecule has 1 aliphatic heterocycles. The molecule has 28 heavy (non-hydrogen) atoms. The Morgan fingerprint density at radius 2 is 1.75 bits per heavy atom. The van der Waals surface area contributed by atoms with Crippen LogP contribution in [0.5, 0.6) is 11.5 Å². The van der Waals surface area contributed by atoms with Crippen molar-refractivity contribution in [1.82, 2.24) is 4.90 Å². The first-order valence-corrected chi connectivity index (χ1v) is 9.76. The van der Waals surface area contributed by atoms with Gasteiger partial charge in [-0.05, 0) is 48.1 Å². The Kier molecular flexibility index (Phi) is 6.25. The van der Waals surface area contributed by atoms with Crippen LogP contribution < -0.4 is 9.47 Å². The molecule has 0 aliphatic carbocycles. The van der Waals surface area contributed by atoms with Crippen LogP contribution in [0.3, 0.4) is 0 Å². The lowest BCUT2D eigenvalue weighted by atomic mass is 9.93. The first-order chi connectivity index (χ1) is 13.5. The number of nitrogens with zero attached hydrogens (tertiary/aromatic N) is 1. The van der Waals surface area contributed by atoms with Gasteiger partial charge in [-0.1, -0.05) is 38.1 Å². The number of carbonyl (C=O) groups is 1. The number of benzene rings is 2. The zero-order valence-corrected chi connectivity index (χ0v) is 17.0. The summed E-state index contributed by atoms with van der Waals surface area (Å²) < 4.78 is 11.1. The second-order valence-electron chi connectivity index (χ2n) is 7.57. The number of rotatable bonds is 7. The van der Waals surface area contributed by atoms with E-state index >= 15 is 0 Å². The third-order valence-corrected chi connectivity index (χ3v) is 5.56. The molecule has 3 rings (SSSR count). The van der Waals surface area contributed by atoms with Crippen LogP contribution in [-0.2, 0) is 4.79 Å². The monoisotopic (exact) mass is 383 g/mol. The van der Waals surface area contributed by atoms with Gasteiger partial charge in [0.25, 0.3) is 0 Å². The Labute approximate surface area is 166 Å². The molecule has 1 fully saturated rings. The van der Waals surface area contributed by atoms with E-state index in [1.54, 1.807) is 14.2 Å². The summed E-state index contributed by atoms with van der Waals surface area (Å²) in [6, 6.07) is 13.5. The van der Waals surface area contributed by atoms with Crippen molar-refractivity contribution in [3.63, 3.8) is 0 Å². The van der Waals surface area contributed by atoms with E-state index in [1.807, 2.05) is 18.2 Å². The Balaban J connectivity index is 2.13. The average Bonchev–Trinajstić information content (AvgIpc) is 3.18. The average molecular weight is 383 g/mol. The molecule has 2 atom stereocenters. The molecule has 5 nitrogen and oxygen atoms in total. The molecular formula is C23H29NO4. The normalized spacial score (nSPS) is 18.2. The molecule has 0 saturated carbocycles. The highest BCUT2D eigenvalue weighted by Gasteiger charge is 2.38. The molecule has 2 aromatic carbocycles. The zero-order valence-electron chi connectivity index (χ0n) is 17.0. The van der Waals surface area contributed by atoms with Crippen molar-refractivity contribution in [2.24, 2.45) is 0 Å². The topological polar surface area (TPSA) is 59.0 Å². The maximum Gasteiger partial charge on any atom is 0.320 e. The Bertz CT molecular complexity index is 816. The Morgan fingerprint density at radius 3 is 2.32 bits per heavy atom. The van der Waals surface area contributed by atoms with E-state index in [-0.39, 0.29) is 6.04 Å². The van der Waals surface area contributed by atoms with Gasteiger partial charge < -0.3 is 14.6 Å². The second-order valence-corrected chi connectivity index (χ2v) is 7.57. The van der Waals surface area contributed by atoms with E-state index in [1.165, 1.54) is 5.56 Å². The minimum absolute atomic E-state index is 0.213. The lowest BCUT2D eigenvalue weighted by molar-refractivity contribution is -0.142. The fourth-order valence-corrected chi connectivity index (χ4v) is 4.03. The van der Waals surface area contributed by atoms with Crippen molar-refractivity contribution in [3.05, 3.63) is 59.2 Å². The molecule has 1 N–H and O–H groups in total. The quantitative estimate of drug-likeness (QED) is 0.765. The van der Waals surface area contributed by atoms with E-state index in [0.717, 1.165) is 35.6 Å². The number of aliphatic carboxylic acids is 1. The number of carboxylic acids is 1. The van der Waals surface area contributed by atoms with Gasteiger partial charge in [0.15, 0.2) is 0 Å². The summed E-state index contributed by atoms with van der Waals surface area (Å²) in [5, 5.41) is 9.77. The first-order valence-electron chi connectivity index (χ1n) is 9.76. The molecule has 0 bridgehead atoms. The molecule has 5 heteroatoms. The van der Waals surface area contributed by atoms with Crippen molar-refractivity contribution in [1.29, 1.82) is 0 Å². The molecule has 1 aliphatic rings. The van der Waals surface area contributed by atoms with Crippen LogP contribution >= 0.6 is 0 Å². The first kappa shape index (κ1) is 20.2. The van der Waals surface area contributed by atoms with Gasteiger partial charge in [0.2, 0.25) is 0 Å². The van der Waals surface area contributed by atoms with Crippen LogP contribution in [0.15, 0.2) is 42.5 Å². The molecular weight excluding hydrogens is 354 g/mol. The SMILES string of the molecule is COc1ccc(OC)c(C(c2ccc(C(C)C)cc2)N2CCCC2C(=O)O)c1. The van der Waals surface area contributed by atoms with Gasteiger partial charge in [0.05, 0.1) is 20.3 Å². The van der Waals surface area contributed by atoms with Crippen molar-refractivity contribution < 1.29 is 19.4 Å². The molecule has 1 saturated heterocycles. The molecule has 1 heterocycles. The van der Waals surface area contributed by atoms with E-state index in [4.69, 9.17) is 9.47 Å². The van der Waals surface area contributed by atoms with Crippen LogP contribution in [0.2, 0.25) is 0 Å². The largest absolute Gasteiger partial charge is 0.497 e. The van der Waals surface area contributed by atoms with Crippen LogP contribution in [-0.4, -0.2) is 42.8 Å². The number of methoxy groups -OCH3 is 2. The van der Waals surface area contributed by atoms with Gasteiger partial charge in [0, 0.05) is 12.1 Å². The molecule has 2 aromatic rings. The lowest BCUT2D eigenvalue weighted by Crippen LogP contribution is -2.39. The predicted octanol–water partition coefficient (Wildman–Crippen LogP) is 4.47. The minimum atomic E-state index is -0.775. The van der Waals surface area contributed by atoms with Gasteiger partial charge >= 0.3 is 5.97 Å². The third kappa shape index (κ3) is 3.99. The number of likely N-dealkylation sites (tertiary alicyclic amines) is 1. The maximum atomic E-state index is 11.9. The molecule has 2 unspecified atom stereocenters. The number of ether oxygens (including phenoxy) is 2. The van der Waals surface area contributed by atoms with E-state index < -0.39 is 12.0 Å². The van der Waals surface area contributed by atoms with Gasteiger partial charge in [0.1, 0.15) is 17.5 Å². The maximum absolute atomic E-state index is 11.9. The van der Waals surface area contributed by atoms with Crippen molar-refractivity contribution >= 4 is 5.97 Å². The summed E-state index contributed by atoms with van der Waals surface area (Å²) >= 11 is 0. The second kappa shape index (κ2) is 8.65. The summed E-state index contributed by atoms with van der Waals surface area (Å²) in [6.07, 6.45) is 1.52. The zero-order chi connectivity index (χ0) is 20.3. The Hall–Kier alpha value is -2.53. The summed E-state index contributed by atoms with van der Waals surface area (Å²) in [5.41, 5.74) is 3.24. The fourth-order valence-electron chi connectivity index (χ4n) is 4.03. The van der Waals surface area contributed by atoms with Gasteiger partial charge in [-0.25, -0.2) is 0 Å². The highest BCUT2D eigenvalue weighted by atomic mass is 16.5. The smallest absolute Gasteiger partial charge is 0.320 e. The summed E-state index contributed by atoms with van der Waals surface area (Å²) in [6.45, 7) is 5.06. The van der Waals surface area contributed by atoms with Gasteiger partial charge in [-0.2, -0.15) is 0 Å². The lowest BCUT2D eigenvalue weighted by Gasteiger charge is -2.33. The predicted molar refractivity (Wildman–Crippen MR) is 109 cm³/mol. The number of hydrogen-bond acceptors (Lipinski definition) is 4. The third-order valence-electron chi connectivity index (χ3n) is 5.56. The van der Waals surface area contributed by atoms with Crippen molar-refractivity contribution in [2.75, 3.05) is 20.8 Å². The molecule has 0 amide bonds. The molecule has 150 valence electrons. The van der Waals surface area contributed by atoms with E-state index in [0.29, 0.717) is 12.3 Å². The highest BCUT2D eigenvalue weighted by Crippen LogP contribution is 2.40. The number of hydrogen-bond donors (Lipinski definition) is 1. The Morgan fingerprint density at radius 1 is 1.07 bits per heavy atom. The van der Waals surface area contributed by atoms with Crippen LogP contribution in [0.1, 0.15) is 55.3 Å². The molecule has 0 radical (unpaired) electrons. The van der Waals surface area contributed by atoms with E-state index in [9.17, 15) is 9.90 Å². The summed E-state index contributed by atoms with van der Waals surface area (Å²) in [4.78, 5) is 14.0. The fraction of sp³-hybridized carbons (Fsp3) is 0.435. The minimum Gasteiger partial charge on any atom is -0.497 e. The van der Waals surface area contributed by atoms with E-state index in [2.05, 4.69) is 43.0 Å². The standard InChI is InChI=1S/C23H29NO4/c1-15(2)16-7-9-17(10-8-16)22(24-13-5-6-20(24)23(25)26)19-14-18(27-3)11-12-21(19)28-4/h7-12,14-15,20,22H,5-6,13H2,1-4H3,(H,25,26). The van der Waals surface area contributed by atoms with Crippen LogP contribution in [0.4, 0.5) is 0 Å². The van der Waals surface area contributed by atoms with Crippen LogP contribution in [0.25, 0.3) is 0 Å². The summed E-state index contributed by atoms with van der Waals surface area (Å²) in [5.74, 6) is 1.13. The molecule has 0 spiro atoms. The van der Waals surface area contributed by atoms with Crippen molar-refractivity contribution in [3.8, 4) is 11.5 Å². The summed E-state index contributed by atoms with van der Waals surface area (Å²) in [7, 11) is 3.27. The highest BCUT2D eigenvalue weighted by molar-refractivity contribution is 5.74. The molecule has 0 aromatic heterocycles. The van der Waals surface area contributed by atoms with Crippen LogP contribution in [0, 0.1) is 0 Å². The van der Waals surface area contributed by atoms with Gasteiger partial charge in [-0.15, -0.1) is 0 Å². The number of carboxylic acid groups (broad SMARTS) is 1.